The predicted molar refractivity (Wildman–Crippen MR) is 72.6 cm³/mol. The largest absolute Gasteiger partial charge is 0.326 e. The fourth-order valence-corrected chi connectivity index (χ4v) is 1.84. The first kappa shape index (κ1) is 11.3. The monoisotopic (exact) mass is 261 g/mol. The Hall–Kier alpha value is -1.83. The molecule has 0 saturated carbocycles. The van der Waals surface area contributed by atoms with E-state index in [0.717, 1.165) is 11.3 Å². The van der Waals surface area contributed by atoms with Crippen LogP contribution in [0.3, 0.4) is 0 Å². The second-order valence-corrected chi connectivity index (χ2v) is 4.43. The third-order valence-corrected chi connectivity index (χ3v) is 2.72. The lowest BCUT2D eigenvalue weighted by atomic mass is 10.1. The molecule has 0 aliphatic heterocycles. The van der Waals surface area contributed by atoms with Crippen LogP contribution in [-0.2, 0) is 6.54 Å². The van der Waals surface area contributed by atoms with Gasteiger partial charge in [-0.15, -0.1) is 0 Å². The van der Waals surface area contributed by atoms with Crippen molar-refractivity contribution in [3.05, 3.63) is 46.9 Å². The number of nitrogens with two attached hydrogens (primary N) is 1. The molecule has 2 N–H and O–H groups in total. The summed E-state index contributed by atoms with van der Waals surface area (Å²) in [5.41, 5.74) is 7.62. The highest BCUT2D eigenvalue weighted by atomic mass is 35.5. The summed E-state index contributed by atoms with van der Waals surface area (Å²) in [6.07, 6.45) is 1.77. The Bertz CT molecular complexity index is 637. The molecule has 2 aromatic rings. The maximum absolute atomic E-state index is 7.63. The molecule has 92 valence electrons. The molecule has 1 atom stereocenters. The van der Waals surface area contributed by atoms with Crippen molar-refractivity contribution in [3.63, 3.8) is 0 Å². The van der Waals surface area contributed by atoms with Crippen LogP contribution < -0.4 is 5.73 Å². The van der Waals surface area contributed by atoms with Crippen LogP contribution in [0.5, 0.6) is 0 Å². The van der Waals surface area contributed by atoms with E-state index in [2.05, 4.69) is 9.94 Å². The minimum absolute atomic E-state index is 0.306. The van der Waals surface area contributed by atoms with Gasteiger partial charge in [-0.2, -0.15) is 5.10 Å². The van der Waals surface area contributed by atoms with Crippen molar-refractivity contribution in [1.82, 2.24) is 9.78 Å². The molecule has 0 fully saturated rings. The van der Waals surface area contributed by atoms with E-state index in [1.54, 1.807) is 36.0 Å². The normalized spacial score (nSPS) is 14.7. The van der Waals surface area contributed by atoms with Crippen LogP contribution in [0.1, 0.15) is 8.29 Å². The van der Waals surface area contributed by atoms with E-state index in [-0.39, 0.29) is 0 Å². The second-order valence-electron chi connectivity index (χ2n) is 4.02. The van der Waals surface area contributed by atoms with E-state index >= 15 is 0 Å². The van der Waals surface area contributed by atoms with Crippen LogP contribution in [0.25, 0.3) is 16.1 Å². The fraction of sp³-hybridized carbons (Fsp3) is 0.231. The summed E-state index contributed by atoms with van der Waals surface area (Å²) in [7, 11) is 0. The molecule has 0 saturated heterocycles. The standard InChI is InChI=1S/C13H13ClN4/c1-9(15)8-18-6-5-12(17-18)10-3-4-13(16-2)11(14)7-10/h3-7,9H,8,15H2,1H3/t9-/m1/s1/i9D. The molecule has 0 bridgehead atoms. The summed E-state index contributed by atoms with van der Waals surface area (Å²) < 4.78 is 9.26. The molecule has 0 amide bonds. The zero-order valence-corrected chi connectivity index (χ0v) is 10.6. The average Bonchev–Trinajstić information content (AvgIpc) is 2.75. The van der Waals surface area contributed by atoms with Gasteiger partial charge in [0.25, 0.3) is 0 Å². The van der Waals surface area contributed by atoms with Crippen molar-refractivity contribution in [2.24, 2.45) is 5.73 Å². The summed E-state index contributed by atoms with van der Waals surface area (Å²) in [5.74, 6) is 0. The van der Waals surface area contributed by atoms with Crippen molar-refractivity contribution in [3.8, 4) is 11.3 Å². The molecule has 5 heteroatoms. The number of nitrogens with zero attached hydrogens (tertiary/aromatic N) is 3. The molecule has 0 spiro atoms. The molecular formula is C13H13ClN4. The number of aromatic nitrogens is 2. The van der Waals surface area contributed by atoms with Gasteiger partial charge in [-0.25, -0.2) is 4.85 Å². The zero-order valence-electron chi connectivity index (χ0n) is 10.9. The quantitative estimate of drug-likeness (QED) is 0.863. The molecular weight excluding hydrogens is 248 g/mol. The molecule has 1 heterocycles. The van der Waals surface area contributed by atoms with Gasteiger partial charge in [0.1, 0.15) is 0 Å². The molecule has 2 rings (SSSR count). The molecule has 0 unspecified atom stereocenters. The van der Waals surface area contributed by atoms with Gasteiger partial charge in [-0.1, -0.05) is 23.7 Å². The highest BCUT2D eigenvalue weighted by Gasteiger charge is 2.06. The average molecular weight is 262 g/mol. The minimum Gasteiger partial charge on any atom is -0.326 e. The van der Waals surface area contributed by atoms with E-state index in [1.165, 1.54) is 0 Å². The number of hydrogen-bond donors (Lipinski definition) is 1. The van der Waals surface area contributed by atoms with E-state index in [1.807, 2.05) is 6.07 Å². The topological polar surface area (TPSA) is 48.2 Å². The summed E-state index contributed by atoms with van der Waals surface area (Å²) in [4.78, 5) is 3.31. The van der Waals surface area contributed by atoms with Gasteiger partial charge in [0.2, 0.25) is 5.69 Å². The van der Waals surface area contributed by atoms with Crippen LogP contribution in [0, 0.1) is 6.57 Å². The first-order valence-corrected chi connectivity index (χ1v) is 5.76. The lowest BCUT2D eigenvalue weighted by Gasteiger charge is -2.04. The second kappa shape index (κ2) is 5.21. The van der Waals surface area contributed by atoms with Gasteiger partial charge in [0, 0.05) is 24.2 Å². The molecule has 18 heavy (non-hydrogen) atoms. The number of rotatable bonds is 3. The first-order valence-electron chi connectivity index (χ1n) is 5.89. The smallest absolute Gasteiger partial charge is 0.205 e. The lowest BCUT2D eigenvalue weighted by Crippen LogP contribution is -2.22. The highest BCUT2D eigenvalue weighted by molar-refractivity contribution is 6.33. The van der Waals surface area contributed by atoms with Gasteiger partial charge in [0.15, 0.2) is 0 Å². The van der Waals surface area contributed by atoms with Crippen molar-refractivity contribution in [2.45, 2.75) is 19.5 Å². The molecule has 1 aromatic carbocycles. The van der Waals surface area contributed by atoms with Crippen LogP contribution in [0.2, 0.25) is 5.02 Å². The van der Waals surface area contributed by atoms with Gasteiger partial charge < -0.3 is 5.73 Å². The van der Waals surface area contributed by atoms with Crippen molar-refractivity contribution in [1.29, 1.82) is 0 Å². The van der Waals surface area contributed by atoms with Crippen molar-refractivity contribution < 1.29 is 1.37 Å². The summed E-state index contributed by atoms with van der Waals surface area (Å²) in [6.45, 7) is 8.88. The van der Waals surface area contributed by atoms with Crippen LogP contribution >= 0.6 is 11.6 Å². The van der Waals surface area contributed by atoms with E-state index in [0.29, 0.717) is 17.3 Å². The third kappa shape index (κ3) is 2.70. The van der Waals surface area contributed by atoms with Gasteiger partial charge in [-0.3, -0.25) is 4.68 Å². The van der Waals surface area contributed by atoms with Crippen molar-refractivity contribution in [2.75, 3.05) is 0 Å². The maximum Gasteiger partial charge on any atom is 0.205 e. The Balaban J connectivity index is 2.28. The Morgan fingerprint density at radius 2 is 2.39 bits per heavy atom. The lowest BCUT2D eigenvalue weighted by molar-refractivity contribution is 0.540. The number of halogens is 1. The Kier molecular flexibility index (Phi) is 3.26. The highest BCUT2D eigenvalue weighted by Crippen LogP contribution is 2.29. The van der Waals surface area contributed by atoms with Gasteiger partial charge >= 0.3 is 0 Å². The SMILES string of the molecule is [2H][C@](C)(N)Cn1ccc(-c2ccc([N+]#[C-])c(Cl)c2)n1. The number of benzene rings is 1. The molecule has 1 aromatic heterocycles. The molecule has 0 radical (unpaired) electrons. The third-order valence-electron chi connectivity index (χ3n) is 2.42. The zero-order chi connectivity index (χ0) is 14.0. The fourth-order valence-electron chi connectivity index (χ4n) is 1.62. The molecule has 0 aliphatic carbocycles. The Morgan fingerprint density at radius 1 is 1.61 bits per heavy atom. The van der Waals surface area contributed by atoms with Crippen molar-refractivity contribution >= 4 is 17.3 Å². The predicted octanol–water partition coefficient (Wildman–Crippen LogP) is 3.10. The summed E-state index contributed by atoms with van der Waals surface area (Å²) in [5, 5.41) is 4.75. The van der Waals surface area contributed by atoms with Gasteiger partial charge in [0.05, 0.1) is 18.8 Å². The van der Waals surface area contributed by atoms with Crippen LogP contribution in [-0.4, -0.2) is 15.8 Å². The van der Waals surface area contributed by atoms with E-state index in [4.69, 9.17) is 25.3 Å². The van der Waals surface area contributed by atoms with Gasteiger partial charge in [-0.05, 0) is 19.1 Å². The minimum atomic E-state index is -1.06. The Morgan fingerprint density at radius 3 is 3.00 bits per heavy atom. The van der Waals surface area contributed by atoms with Crippen LogP contribution in [0.15, 0.2) is 30.5 Å². The summed E-state index contributed by atoms with van der Waals surface area (Å²) >= 11 is 5.99. The maximum atomic E-state index is 7.63. The van der Waals surface area contributed by atoms with E-state index < -0.39 is 6.02 Å². The Labute approximate surface area is 112 Å². The number of hydrogen-bond acceptors (Lipinski definition) is 2. The van der Waals surface area contributed by atoms with E-state index in [9.17, 15) is 0 Å². The molecule has 0 aliphatic rings. The summed E-state index contributed by atoms with van der Waals surface area (Å²) in [6, 6.07) is 5.95. The molecule has 4 nitrogen and oxygen atoms in total. The van der Waals surface area contributed by atoms with Crippen LogP contribution in [0.4, 0.5) is 5.69 Å². The first-order chi connectivity index (χ1) is 8.89.